The molecule has 0 atom stereocenters. The van der Waals surface area contributed by atoms with E-state index in [1.165, 1.54) is 32.8 Å². The van der Waals surface area contributed by atoms with Crippen molar-refractivity contribution in [1.29, 1.82) is 5.41 Å². The van der Waals surface area contributed by atoms with Crippen molar-refractivity contribution >= 4 is 17.4 Å². The van der Waals surface area contributed by atoms with Crippen LogP contribution in [0.2, 0.25) is 0 Å². The van der Waals surface area contributed by atoms with Crippen molar-refractivity contribution in [3.8, 4) is 0 Å². The van der Waals surface area contributed by atoms with Gasteiger partial charge in [-0.3, -0.25) is 15.4 Å². The highest BCUT2D eigenvalue weighted by Gasteiger charge is 2.16. The van der Waals surface area contributed by atoms with E-state index in [1.807, 2.05) is 119 Å². The molecule has 0 saturated carbocycles. The second-order valence-electron chi connectivity index (χ2n) is 15.1. The number of nitrogens with two attached hydrogens (primary N) is 2. The summed E-state index contributed by atoms with van der Waals surface area (Å²) < 4.78 is 0. The largest absolute Gasteiger partial charge is 0.388 e. The van der Waals surface area contributed by atoms with Crippen LogP contribution in [0, 0.1) is 45.9 Å². The first-order valence-corrected chi connectivity index (χ1v) is 21.4. The topological polar surface area (TPSA) is 116 Å². The molecule has 0 unspecified atom stereocenters. The maximum Gasteiger partial charge on any atom is 0.142 e. The fraction of sp³-hybridized carbons (Fsp3) is 0.286. The quantitative estimate of drug-likeness (QED) is 0.0351. The van der Waals surface area contributed by atoms with Gasteiger partial charge in [-0.2, -0.15) is 0 Å². The number of aryl methyl sites for hydroxylation is 5. The van der Waals surface area contributed by atoms with Crippen LogP contribution in [0.1, 0.15) is 74.4 Å². The average molecular weight is 852 g/mol. The summed E-state index contributed by atoms with van der Waals surface area (Å²) >= 11 is 0. The van der Waals surface area contributed by atoms with Crippen LogP contribution in [0.15, 0.2) is 192 Å². The molecule has 0 aliphatic heterocycles. The average Bonchev–Trinajstić information content (AvgIpc) is 3.25. The number of hydrazine groups is 1. The van der Waals surface area contributed by atoms with Gasteiger partial charge in [-0.05, 0) is 84.6 Å². The molecule has 340 valence electrons. The number of rotatable bonds is 8. The maximum atomic E-state index is 7.29. The van der Waals surface area contributed by atoms with E-state index in [1.54, 1.807) is 20.2 Å². The summed E-state index contributed by atoms with van der Waals surface area (Å²) in [7, 11) is 7.20. The minimum Gasteiger partial charge on any atom is -0.388 e. The van der Waals surface area contributed by atoms with Crippen LogP contribution < -0.4 is 22.2 Å². The van der Waals surface area contributed by atoms with Gasteiger partial charge in [-0.1, -0.05) is 201 Å². The van der Waals surface area contributed by atoms with Crippen molar-refractivity contribution in [2.45, 2.75) is 75.7 Å². The van der Waals surface area contributed by atoms with Gasteiger partial charge in [0.05, 0.1) is 0 Å². The fourth-order valence-corrected chi connectivity index (χ4v) is 5.26. The number of allylic oxidation sites excluding steroid dienone is 4. The molecule has 0 radical (unpaired) electrons. The van der Waals surface area contributed by atoms with E-state index in [4.69, 9.17) is 17.0 Å². The maximum absolute atomic E-state index is 7.29. The normalized spacial score (nSPS) is 10.4. The Morgan fingerprint density at radius 2 is 1.10 bits per heavy atom. The molecular formula is C56H81N7. The molecule has 0 heterocycles. The molecule has 0 saturated heterocycles. The van der Waals surface area contributed by atoms with Crippen molar-refractivity contribution in [2.75, 3.05) is 33.5 Å². The van der Waals surface area contributed by atoms with Crippen molar-refractivity contribution in [3.63, 3.8) is 0 Å². The van der Waals surface area contributed by atoms with Crippen LogP contribution in [0.3, 0.4) is 0 Å². The van der Waals surface area contributed by atoms with Crippen LogP contribution in [0.4, 0.5) is 5.69 Å². The summed E-state index contributed by atoms with van der Waals surface area (Å²) in [4.78, 5) is 4.20. The smallest absolute Gasteiger partial charge is 0.142 e. The summed E-state index contributed by atoms with van der Waals surface area (Å²) in [5, 5.41) is 14.9. The summed E-state index contributed by atoms with van der Waals surface area (Å²) in [6.07, 6.45) is 5.02. The third kappa shape index (κ3) is 30.3. The lowest BCUT2D eigenvalue weighted by molar-refractivity contribution is 0.528. The zero-order chi connectivity index (χ0) is 48.2. The predicted octanol–water partition coefficient (Wildman–Crippen LogP) is 13.4. The van der Waals surface area contributed by atoms with Crippen LogP contribution >= 0.6 is 0 Å². The van der Waals surface area contributed by atoms with E-state index in [-0.39, 0.29) is 5.84 Å². The molecule has 0 aromatic heterocycles. The standard InChI is InChI=1S/C11H22N4.C9H13N3.C8H14.4C7H8/c1-7-9(13-4)10(8(2)3)11(14-5)15(6)12;1-6-3-4-7(9(10)11)8(5-6)12-2;1-5-8(4)6-7(2)3;4*1-7-5-3-2-4-6-7/h7-8,13H,1,12H2,2-6H3;3-5,12H,1-2H3,(H3,10,11);6H,2,5H2,1,3-4H3;4*2-6H,1H3/b10-9-,14-11?;;8-6-;;;;. The molecule has 63 heavy (non-hydrogen) atoms. The van der Waals surface area contributed by atoms with Crippen molar-refractivity contribution < 1.29 is 0 Å². The van der Waals surface area contributed by atoms with E-state index in [0.29, 0.717) is 5.92 Å². The zero-order valence-corrected chi connectivity index (χ0v) is 41.2. The van der Waals surface area contributed by atoms with Gasteiger partial charge in [0, 0.05) is 50.7 Å². The highest BCUT2D eigenvalue weighted by Crippen LogP contribution is 2.17. The van der Waals surface area contributed by atoms with Gasteiger partial charge < -0.3 is 16.4 Å². The van der Waals surface area contributed by atoms with Gasteiger partial charge >= 0.3 is 0 Å². The van der Waals surface area contributed by atoms with Gasteiger partial charge in [0.15, 0.2) is 0 Å². The highest BCUT2D eigenvalue weighted by molar-refractivity contribution is 6.00. The van der Waals surface area contributed by atoms with Gasteiger partial charge in [0.25, 0.3) is 0 Å². The number of anilines is 1. The summed E-state index contributed by atoms with van der Waals surface area (Å²) in [6.45, 7) is 28.4. The van der Waals surface area contributed by atoms with Crippen molar-refractivity contribution in [2.24, 2.45) is 22.5 Å². The number of aliphatic imine (C=N–C) groups is 1. The molecule has 0 aliphatic rings. The van der Waals surface area contributed by atoms with Crippen molar-refractivity contribution in [3.05, 3.63) is 221 Å². The minimum atomic E-state index is 0.0966. The molecule has 0 bridgehead atoms. The Labute approximate surface area is 384 Å². The first-order chi connectivity index (χ1) is 29.9. The third-order valence-electron chi connectivity index (χ3n) is 8.67. The molecule has 0 amide bonds. The Bertz CT molecular complexity index is 1900. The molecule has 7 nitrogen and oxygen atoms in total. The number of amidine groups is 2. The molecule has 0 aliphatic carbocycles. The number of benzene rings is 5. The SMILES string of the molecule is C=C(C)/C=C(/C)CC.C=C/C(NC)=C(/C(=NC)N(C)N)C(C)C.CNc1cc(C)ccc1C(=N)N.Cc1ccccc1.Cc1ccccc1.Cc1ccccc1.Cc1ccccc1. The van der Waals surface area contributed by atoms with Gasteiger partial charge in [0.2, 0.25) is 0 Å². The molecule has 0 fully saturated rings. The molecule has 5 rings (SSSR count). The number of likely N-dealkylation sites (N-methyl/N-ethyl adjacent to an activating group) is 2. The van der Waals surface area contributed by atoms with Crippen molar-refractivity contribution in [1.82, 2.24) is 10.3 Å². The Morgan fingerprint density at radius 1 is 0.714 bits per heavy atom. The summed E-state index contributed by atoms with van der Waals surface area (Å²) in [5.41, 5.74) is 18.1. The fourth-order valence-electron chi connectivity index (χ4n) is 5.26. The number of nitrogen functional groups attached to an aromatic ring is 1. The number of hydrogen-bond acceptors (Lipinski definition) is 5. The second-order valence-corrected chi connectivity index (χ2v) is 15.1. The summed E-state index contributed by atoms with van der Waals surface area (Å²) in [5.74, 6) is 6.94. The first kappa shape index (κ1) is 58.7. The lowest BCUT2D eigenvalue weighted by Crippen LogP contribution is -2.37. The molecule has 5 aromatic rings. The number of nitrogens with one attached hydrogen (secondary N) is 3. The van der Waals surface area contributed by atoms with Crippen LogP contribution in [0.25, 0.3) is 0 Å². The Hall–Kier alpha value is -6.44. The zero-order valence-electron chi connectivity index (χ0n) is 41.2. The Kier molecular flexibility index (Phi) is 33.7. The van der Waals surface area contributed by atoms with Gasteiger partial charge in [0.1, 0.15) is 11.7 Å². The van der Waals surface area contributed by atoms with E-state index >= 15 is 0 Å². The predicted molar refractivity (Wildman–Crippen MR) is 282 cm³/mol. The summed E-state index contributed by atoms with van der Waals surface area (Å²) in [6, 6.07) is 46.8. The van der Waals surface area contributed by atoms with Crippen LogP contribution in [-0.2, 0) is 0 Å². The van der Waals surface area contributed by atoms with Crippen LogP contribution in [-0.4, -0.2) is 44.9 Å². The van der Waals surface area contributed by atoms with Gasteiger partial charge in [-0.15, -0.1) is 0 Å². The van der Waals surface area contributed by atoms with E-state index in [9.17, 15) is 0 Å². The monoisotopic (exact) mass is 852 g/mol. The lowest BCUT2D eigenvalue weighted by atomic mass is 9.99. The first-order valence-electron chi connectivity index (χ1n) is 21.4. The second kappa shape index (κ2) is 36.2. The Balaban J connectivity index is 0. The number of nitrogens with zero attached hydrogens (tertiary/aromatic N) is 2. The lowest BCUT2D eigenvalue weighted by Gasteiger charge is -2.22. The minimum absolute atomic E-state index is 0.0966. The van der Waals surface area contributed by atoms with Gasteiger partial charge in [-0.25, -0.2) is 5.84 Å². The number of hydrogen-bond donors (Lipinski definition) is 5. The molecule has 7 heteroatoms. The van der Waals surface area contributed by atoms with E-state index in [2.05, 4.69) is 139 Å². The molecular weight excluding hydrogens is 771 g/mol. The van der Waals surface area contributed by atoms with Crippen LogP contribution in [0.5, 0.6) is 0 Å². The molecule has 5 aromatic carbocycles. The highest BCUT2D eigenvalue weighted by atomic mass is 15.4. The Morgan fingerprint density at radius 3 is 1.29 bits per heavy atom. The molecule has 0 spiro atoms. The third-order valence-corrected chi connectivity index (χ3v) is 8.67. The van der Waals surface area contributed by atoms with E-state index < -0.39 is 0 Å². The van der Waals surface area contributed by atoms with E-state index in [0.717, 1.165) is 45.9 Å². The molecule has 7 N–H and O–H groups in total.